The van der Waals surface area contributed by atoms with E-state index in [4.69, 9.17) is 9.40 Å². The van der Waals surface area contributed by atoms with Crippen LogP contribution in [0.15, 0.2) is 34.7 Å². The number of oxazole rings is 1. The summed E-state index contributed by atoms with van der Waals surface area (Å²) in [5.74, 6) is 0.709. The molecule has 0 fully saturated rings. The summed E-state index contributed by atoms with van der Waals surface area (Å²) in [6.45, 7) is 13.0. The van der Waals surface area contributed by atoms with Crippen molar-refractivity contribution in [3.8, 4) is 0 Å². The lowest BCUT2D eigenvalue weighted by atomic mass is 9.77. The molecule has 2 aromatic heterocycles. The quantitative estimate of drug-likeness (QED) is 0.542. The Bertz CT molecular complexity index is 1130. The number of hydrogen-bond donors (Lipinski definition) is 1. The summed E-state index contributed by atoms with van der Waals surface area (Å²) in [7, 11) is 0. The van der Waals surface area contributed by atoms with Crippen LogP contribution in [0.25, 0.3) is 22.1 Å². The lowest BCUT2D eigenvalue weighted by Gasteiger charge is -2.26. The summed E-state index contributed by atoms with van der Waals surface area (Å²) in [4.78, 5) is 4.72. The van der Waals surface area contributed by atoms with E-state index >= 15 is 0 Å². The van der Waals surface area contributed by atoms with Gasteiger partial charge in [0.2, 0.25) is 0 Å². The summed E-state index contributed by atoms with van der Waals surface area (Å²) in [5, 5.41) is 11.2. The molecular weight excluding hydrogens is 336 g/mol. The van der Waals surface area contributed by atoms with Crippen molar-refractivity contribution in [3.63, 3.8) is 0 Å². The Balaban J connectivity index is 1.83. The number of hydrogen-bond acceptors (Lipinski definition) is 4. The second-order valence-electron chi connectivity index (χ2n) is 9.01. The third-order valence-corrected chi connectivity index (χ3v) is 5.27. The van der Waals surface area contributed by atoms with Crippen molar-refractivity contribution in [1.29, 1.82) is 0 Å². The van der Waals surface area contributed by atoms with E-state index in [-0.39, 0.29) is 10.8 Å². The Labute approximate surface area is 159 Å². The van der Waals surface area contributed by atoms with Crippen LogP contribution in [0.4, 0.5) is 0 Å². The van der Waals surface area contributed by atoms with Gasteiger partial charge < -0.3 is 4.42 Å². The molecule has 0 aliphatic heterocycles. The molecule has 2 aromatic carbocycles. The standard InChI is InChI=1S/C22H26N4O/c1-13-23-18-14(10-11-16(20(18)27-13)21(2,3)4)12-22(5,6)15-8-7-9-17-19(15)25-26-24-17/h7-11H,12H2,1-6H3,(H,24,25,26). The van der Waals surface area contributed by atoms with Gasteiger partial charge in [-0.05, 0) is 34.4 Å². The number of aromatic nitrogens is 4. The van der Waals surface area contributed by atoms with E-state index in [0.717, 1.165) is 28.6 Å². The summed E-state index contributed by atoms with van der Waals surface area (Å²) in [5.41, 5.74) is 7.27. The van der Waals surface area contributed by atoms with E-state index in [1.807, 2.05) is 19.1 Å². The average molecular weight is 362 g/mol. The zero-order chi connectivity index (χ0) is 19.4. The van der Waals surface area contributed by atoms with Crippen molar-refractivity contribution in [2.24, 2.45) is 0 Å². The SMILES string of the molecule is Cc1nc2c(CC(C)(C)c3cccc4nn[nH]c34)ccc(C(C)(C)C)c2o1. The molecule has 140 valence electrons. The topological polar surface area (TPSA) is 67.6 Å². The number of nitrogens with one attached hydrogen (secondary N) is 1. The van der Waals surface area contributed by atoms with Gasteiger partial charge in [-0.15, -0.1) is 5.10 Å². The molecular formula is C22H26N4O. The maximum atomic E-state index is 6.01. The molecule has 5 heteroatoms. The Kier molecular flexibility index (Phi) is 3.88. The number of para-hydroxylation sites is 1. The molecule has 0 radical (unpaired) electrons. The average Bonchev–Trinajstić information content (AvgIpc) is 3.18. The first-order valence-corrected chi connectivity index (χ1v) is 9.36. The van der Waals surface area contributed by atoms with Gasteiger partial charge in [-0.1, -0.05) is 64.1 Å². The zero-order valence-electron chi connectivity index (χ0n) is 16.8. The molecule has 0 aliphatic carbocycles. The van der Waals surface area contributed by atoms with Crippen LogP contribution in [0.1, 0.15) is 57.2 Å². The van der Waals surface area contributed by atoms with E-state index in [9.17, 15) is 0 Å². The number of rotatable bonds is 3. The van der Waals surface area contributed by atoms with Gasteiger partial charge in [-0.25, -0.2) is 4.98 Å². The third kappa shape index (κ3) is 3.01. The Hall–Kier alpha value is -2.69. The van der Waals surface area contributed by atoms with Crippen LogP contribution in [-0.4, -0.2) is 20.4 Å². The maximum Gasteiger partial charge on any atom is 0.192 e. The largest absolute Gasteiger partial charge is 0.441 e. The van der Waals surface area contributed by atoms with Crippen LogP contribution in [0, 0.1) is 6.92 Å². The number of aryl methyl sites for hydroxylation is 1. The molecule has 27 heavy (non-hydrogen) atoms. The maximum absolute atomic E-state index is 6.01. The highest BCUT2D eigenvalue weighted by atomic mass is 16.3. The Morgan fingerprint density at radius 2 is 1.78 bits per heavy atom. The van der Waals surface area contributed by atoms with Gasteiger partial charge >= 0.3 is 0 Å². The van der Waals surface area contributed by atoms with Crippen LogP contribution < -0.4 is 0 Å². The minimum atomic E-state index is -0.114. The molecule has 4 aromatic rings. The summed E-state index contributed by atoms with van der Waals surface area (Å²) < 4.78 is 6.01. The van der Waals surface area contributed by atoms with Gasteiger partial charge in [-0.2, -0.15) is 0 Å². The zero-order valence-corrected chi connectivity index (χ0v) is 16.8. The highest BCUT2D eigenvalue weighted by Gasteiger charge is 2.28. The Morgan fingerprint density at radius 1 is 1.00 bits per heavy atom. The molecule has 5 nitrogen and oxygen atoms in total. The lowest BCUT2D eigenvalue weighted by Crippen LogP contribution is -2.21. The van der Waals surface area contributed by atoms with Gasteiger partial charge in [0.05, 0.1) is 5.52 Å². The van der Waals surface area contributed by atoms with Crippen molar-refractivity contribution in [3.05, 3.63) is 52.9 Å². The molecule has 0 saturated heterocycles. The van der Waals surface area contributed by atoms with E-state index in [1.54, 1.807) is 0 Å². The van der Waals surface area contributed by atoms with Crippen LogP contribution in [0.2, 0.25) is 0 Å². The fraction of sp³-hybridized carbons (Fsp3) is 0.409. The second kappa shape index (κ2) is 5.91. The van der Waals surface area contributed by atoms with Crippen LogP contribution in [0.3, 0.4) is 0 Å². The highest BCUT2D eigenvalue weighted by Crippen LogP contribution is 2.37. The van der Waals surface area contributed by atoms with Crippen LogP contribution in [-0.2, 0) is 17.3 Å². The molecule has 0 atom stereocenters. The van der Waals surface area contributed by atoms with Crippen molar-refractivity contribution < 1.29 is 4.42 Å². The van der Waals surface area contributed by atoms with Crippen molar-refractivity contribution in [2.45, 2.75) is 58.8 Å². The van der Waals surface area contributed by atoms with E-state index < -0.39 is 0 Å². The first-order valence-electron chi connectivity index (χ1n) is 9.36. The van der Waals surface area contributed by atoms with Crippen LogP contribution >= 0.6 is 0 Å². The minimum absolute atomic E-state index is 0.00541. The molecule has 0 saturated carbocycles. The van der Waals surface area contributed by atoms with Gasteiger partial charge in [0.25, 0.3) is 0 Å². The Morgan fingerprint density at radius 3 is 2.52 bits per heavy atom. The third-order valence-electron chi connectivity index (χ3n) is 5.27. The first kappa shape index (κ1) is 17.7. The van der Waals surface area contributed by atoms with Crippen LogP contribution in [0.5, 0.6) is 0 Å². The highest BCUT2D eigenvalue weighted by molar-refractivity contribution is 5.82. The first-order chi connectivity index (χ1) is 12.7. The number of aromatic amines is 1. The van der Waals surface area contributed by atoms with E-state index in [1.165, 1.54) is 16.7 Å². The van der Waals surface area contributed by atoms with Gasteiger partial charge in [-0.3, -0.25) is 5.10 Å². The van der Waals surface area contributed by atoms with Crippen molar-refractivity contribution in [2.75, 3.05) is 0 Å². The van der Waals surface area contributed by atoms with Crippen molar-refractivity contribution >= 4 is 22.1 Å². The number of fused-ring (bicyclic) bond motifs is 2. The monoisotopic (exact) mass is 362 g/mol. The fourth-order valence-corrected chi connectivity index (χ4v) is 3.90. The predicted octanol–water partition coefficient (Wildman–Crippen LogP) is 5.23. The summed E-state index contributed by atoms with van der Waals surface area (Å²) >= 11 is 0. The molecule has 4 rings (SSSR count). The predicted molar refractivity (Wildman–Crippen MR) is 108 cm³/mol. The molecule has 2 heterocycles. The molecule has 0 aliphatic rings. The summed E-state index contributed by atoms with van der Waals surface area (Å²) in [6, 6.07) is 10.6. The molecule has 0 unspecified atom stereocenters. The lowest BCUT2D eigenvalue weighted by molar-refractivity contribution is 0.525. The fourth-order valence-electron chi connectivity index (χ4n) is 3.90. The number of nitrogens with zero attached hydrogens (tertiary/aromatic N) is 3. The van der Waals surface area contributed by atoms with E-state index in [2.05, 4.69) is 68.2 Å². The van der Waals surface area contributed by atoms with Gasteiger partial charge in [0.15, 0.2) is 11.5 Å². The normalized spacial score (nSPS) is 13.0. The number of benzene rings is 2. The second-order valence-corrected chi connectivity index (χ2v) is 9.01. The molecule has 0 amide bonds. The molecule has 0 bridgehead atoms. The smallest absolute Gasteiger partial charge is 0.192 e. The van der Waals surface area contributed by atoms with E-state index in [0.29, 0.717) is 5.89 Å². The van der Waals surface area contributed by atoms with Gasteiger partial charge in [0, 0.05) is 12.5 Å². The van der Waals surface area contributed by atoms with Gasteiger partial charge in [0.1, 0.15) is 11.0 Å². The molecule has 0 spiro atoms. The summed E-state index contributed by atoms with van der Waals surface area (Å²) in [6.07, 6.45) is 0.845. The minimum Gasteiger partial charge on any atom is -0.441 e. The molecule has 1 N–H and O–H groups in total. The van der Waals surface area contributed by atoms with Crippen molar-refractivity contribution in [1.82, 2.24) is 20.4 Å². The number of H-pyrrole nitrogens is 1.